The first-order valence-electron chi connectivity index (χ1n) is 8.84. The summed E-state index contributed by atoms with van der Waals surface area (Å²) in [5.74, 6) is 1.99. The molecule has 0 saturated carbocycles. The zero-order valence-electron chi connectivity index (χ0n) is 14.7. The van der Waals surface area contributed by atoms with Gasteiger partial charge in [-0.15, -0.1) is 0 Å². The number of nitrogens with one attached hydrogen (secondary N) is 1. The fourth-order valence-corrected chi connectivity index (χ4v) is 3.54. The van der Waals surface area contributed by atoms with E-state index in [1.165, 1.54) is 16.7 Å². The van der Waals surface area contributed by atoms with Gasteiger partial charge < -0.3 is 5.32 Å². The Balaban J connectivity index is 1.38. The van der Waals surface area contributed by atoms with Gasteiger partial charge in [-0.3, -0.25) is 4.79 Å². The first-order chi connectivity index (χ1) is 12.8. The molecule has 0 saturated heterocycles. The van der Waals surface area contributed by atoms with Crippen LogP contribution in [0.3, 0.4) is 0 Å². The predicted molar refractivity (Wildman–Crippen MR) is 111 cm³/mol. The van der Waals surface area contributed by atoms with E-state index in [2.05, 4.69) is 53.8 Å². The number of carbonyl (C=O) groups is 1. The second-order valence-electron chi connectivity index (χ2n) is 6.13. The van der Waals surface area contributed by atoms with Gasteiger partial charge in [0.2, 0.25) is 5.91 Å². The average molecular weight is 362 g/mol. The van der Waals surface area contributed by atoms with Crippen molar-refractivity contribution in [1.29, 1.82) is 0 Å². The van der Waals surface area contributed by atoms with Gasteiger partial charge in [0.25, 0.3) is 0 Å². The molecular formula is C23H23NOS. The lowest BCUT2D eigenvalue weighted by molar-refractivity contribution is -0.120. The maximum atomic E-state index is 12.1. The Kier molecular flexibility index (Phi) is 6.91. The quantitative estimate of drug-likeness (QED) is 0.576. The molecule has 3 heteroatoms. The third-order valence-electron chi connectivity index (χ3n) is 4.11. The molecule has 0 radical (unpaired) electrons. The highest BCUT2D eigenvalue weighted by Gasteiger charge is 2.04. The SMILES string of the molecule is O=C(Cc1ccc(-c2ccccc2)cc1)NCCSCc1ccccc1. The first kappa shape index (κ1) is 18.3. The Morgan fingerprint density at radius 2 is 1.35 bits per heavy atom. The van der Waals surface area contributed by atoms with Gasteiger partial charge >= 0.3 is 0 Å². The van der Waals surface area contributed by atoms with Crippen LogP contribution in [-0.2, 0) is 17.0 Å². The fourth-order valence-electron chi connectivity index (χ4n) is 2.72. The summed E-state index contributed by atoms with van der Waals surface area (Å²) in [6, 6.07) is 28.9. The van der Waals surface area contributed by atoms with Crippen molar-refractivity contribution in [3.63, 3.8) is 0 Å². The molecular weight excluding hydrogens is 338 g/mol. The van der Waals surface area contributed by atoms with Crippen LogP contribution < -0.4 is 5.32 Å². The Morgan fingerprint density at radius 1 is 0.731 bits per heavy atom. The fraction of sp³-hybridized carbons (Fsp3) is 0.174. The maximum Gasteiger partial charge on any atom is 0.224 e. The van der Waals surface area contributed by atoms with Crippen molar-refractivity contribution < 1.29 is 4.79 Å². The molecule has 1 amide bonds. The number of amides is 1. The third-order valence-corrected chi connectivity index (χ3v) is 5.14. The molecule has 2 nitrogen and oxygen atoms in total. The molecule has 132 valence electrons. The molecule has 0 fully saturated rings. The molecule has 0 aromatic heterocycles. The maximum absolute atomic E-state index is 12.1. The molecule has 3 rings (SSSR count). The highest BCUT2D eigenvalue weighted by Crippen LogP contribution is 2.19. The van der Waals surface area contributed by atoms with Gasteiger partial charge in [-0.05, 0) is 22.3 Å². The number of benzene rings is 3. The van der Waals surface area contributed by atoms with Crippen LogP contribution in [0.25, 0.3) is 11.1 Å². The molecule has 0 aliphatic heterocycles. The minimum atomic E-state index is 0.0813. The number of rotatable bonds is 8. The molecule has 3 aromatic carbocycles. The standard InChI is InChI=1S/C23H23NOS/c25-23(24-15-16-26-18-20-7-3-1-4-8-20)17-19-11-13-22(14-12-19)21-9-5-2-6-10-21/h1-14H,15-18H2,(H,24,25). The van der Waals surface area contributed by atoms with Crippen molar-refractivity contribution in [2.75, 3.05) is 12.3 Å². The van der Waals surface area contributed by atoms with E-state index in [0.717, 1.165) is 17.1 Å². The average Bonchev–Trinajstić information content (AvgIpc) is 2.70. The van der Waals surface area contributed by atoms with Crippen molar-refractivity contribution in [3.8, 4) is 11.1 Å². The minimum absolute atomic E-state index is 0.0813. The molecule has 0 aliphatic carbocycles. The molecule has 0 unspecified atom stereocenters. The van der Waals surface area contributed by atoms with Crippen LogP contribution >= 0.6 is 11.8 Å². The van der Waals surface area contributed by atoms with Crippen LogP contribution in [0.15, 0.2) is 84.9 Å². The van der Waals surface area contributed by atoms with E-state index < -0.39 is 0 Å². The van der Waals surface area contributed by atoms with Crippen molar-refractivity contribution in [1.82, 2.24) is 5.32 Å². The second kappa shape index (κ2) is 9.83. The van der Waals surface area contributed by atoms with E-state index in [-0.39, 0.29) is 5.91 Å². The van der Waals surface area contributed by atoms with Crippen LogP contribution in [0, 0.1) is 0 Å². The Hall–Kier alpha value is -2.52. The van der Waals surface area contributed by atoms with E-state index >= 15 is 0 Å². The van der Waals surface area contributed by atoms with Crippen LogP contribution in [0.5, 0.6) is 0 Å². The van der Waals surface area contributed by atoms with Gasteiger partial charge in [-0.25, -0.2) is 0 Å². The van der Waals surface area contributed by atoms with E-state index in [4.69, 9.17) is 0 Å². The number of hydrogen-bond donors (Lipinski definition) is 1. The summed E-state index contributed by atoms with van der Waals surface area (Å²) in [6.07, 6.45) is 0.429. The zero-order chi connectivity index (χ0) is 18.0. The van der Waals surface area contributed by atoms with Crippen LogP contribution in [0.2, 0.25) is 0 Å². The Bertz CT molecular complexity index is 801. The molecule has 26 heavy (non-hydrogen) atoms. The zero-order valence-corrected chi connectivity index (χ0v) is 15.5. The molecule has 1 N–H and O–H groups in total. The summed E-state index contributed by atoms with van der Waals surface area (Å²) >= 11 is 1.84. The van der Waals surface area contributed by atoms with Gasteiger partial charge in [-0.2, -0.15) is 11.8 Å². The molecule has 0 spiro atoms. The lowest BCUT2D eigenvalue weighted by Crippen LogP contribution is -2.27. The van der Waals surface area contributed by atoms with Crippen LogP contribution in [0.4, 0.5) is 0 Å². The normalized spacial score (nSPS) is 10.5. The summed E-state index contributed by atoms with van der Waals surface area (Å²) in [4.78, 5) is 12.1. The topological polar surface area (TPSA) is 29.1 Å². The number of thioether (sulfide) groups is 1. The monoisotopic (exact) mass is 361 g/mol. The van der Waals surface area contributed by atoms with Crippen molar-refractivity contribution in [2.24, 2.45) is 0 Å². The first-order valence-corrected chi connectivity index (χ1v) is 9.99. The van der Waals surface area contributed by atoms with Gasteiger partial charge in [0.05, 0.1) is 6.42 Å². The third kappa shape index (κ3) is 5.78. The number of carbonyl (C=O) groups excluding carboxylic acids is 1. The molecule has 0 atom stereocenters. The van der Waals surface area contributed by atoms with Crippen LogP contribution in [0.1, 0.15) is 11.1 Å². The van der Waals surface area contributed by atoms with Crippen molar-refractivity contribution >= 4 is 17.7 Å². The van der Waals surface area contributed by atoms with E-state index in [9.17, 15) is 4.79 Å². The summed E-state index contributed by atoms with van der Waals surface area (Å²) in [5, 5.41) is 3.00. The summed E-state index contributed by atoms with van der Waals surface area (Å²) < 4.78 is 0. The largest absolute Gasteiger partial charge is 0.355 e. The molecule has 3 aromatic rings. The van der Waals surface area contributed by atoms with E-state index in [0.29, 0.717) is 13.0 Å². The summed E-state index contributed by atoms with van der Waals surface area (Å²) in [7, 11) is 0. The predicted octanol–water partition coefficient (Wildman–Crippen LogP) is 4.95. The molecule has 0 bridgehead atoms. The summed E-state index contributed by atoms with van der Waals surface area (Å²) in [5.41, 5.74) is 4.73. The van der Waals surface area contributed by atoms with Crippen molar-refractivity contribution in [2.45, 2.75) is 12.2 Å². The lowest BCUT2D eigenvalue weighted by Gasteiger charge is -2.07. The highest BCUT2D eigenvalue weighted by atomic mass is 32.2. The second-order valence-corrected chi connectivity index (χ2v) is 7.23. The van der Waals surface area contributed by atoms with Gasteiger partial charge in [0, 0.05) is 18.1 Å². The molecule has 0 aliphatic rings. The van der Waals surface area contributed by atoms with Crippen LogP contribution in [-0.4, -0.2) is 18.2 Å². The van der Waals surface area contributed by atoms with Gasteiger partial charge in [-0.1, -0.05) is 84.9 Å². The molecule has 0 heterocycles. The lowest BCUT2D eigenvalue weighted by atomic mass is 10.0. The van der Waals surface area contributed by atoms with Crippen molar-refractivity contribution in [3.05, 3.63) is 96.1 Å². The Morgan fingerprint density at radius 3 is 2.04 bits per heavy atom. The summed E-state index contributed by atoms with van der Waals surface area (Å²) in [6.45, 7) is 0.707. The minimum Gasteiger partial charge on any atom is -0.355 e. The van der Waals surface area contributed by atoms with E-state index in [1.807, 2.05) is 48.2 Å². The smallest absolute Gasteiger partial charge is 0.224 e. The number of hydrogen-bond acceptors (Lipinski definition) is 2. The Labute approximate surface area is 159 Å². The van der Waals surface area contributed by atoms with E-state index in [1.54, 1.807) is 0 Å². The van der Waals surface area contributed by atoms with Gasteiger partial charge in [0.1, 0.15) is 0 Å². The van der Waals surface area contributed by atoms with Gasteiger partial charge in [0.15, 0.2) is 0 Å². The highest BCUT2D eigenvalue weighted by molar-refractivity contribution is 7.98.